The molecule has 3 nitrogen and oxygen atoms in total. The van der Waals surface area contributed by atoms with Crippen LogP contribution in [0.15, 0.2) is 42.5 Å². The van der Waals surface area contributed by atoms with E-state index in [1.54, 1.807) is 19.2 Å². The first-order chi connectivity index (χ1) is 11.0. The van der Waals surface area contributed by atoms with Gasteiger partial charge in [-0.3, -0.25) is 0 Å². The van der Waals surface area contributed by atoms with Gasteiger partial charge >= 0.3 is 0 Å². The van der Waals surface area contributed by atoms with Crippen molar-refractivity contribution in [3.63, 3.8) is 0 Å². The molecule has 2 aromatic rings. The molecule has 0 aliphatic rings. The van der Waals surface area contributed by atoms with Crippen molar-refractivity contribution in [2.75, 3.05) is 13.7 Å². The highest BCUT2D eigenvalue weighted by molar-refractivity contribution is 6.30. The van der Waals surface area contributed by atoms with Crippen molar-refractivity contribution in [1.82, 2.24) is 5.32 Å². The molecule has 0 radical (unpaired) electrons. The highest BCUT2D eigenvalue weighted by atomic mass is 35.5. The molecule has 0 fully saturated rings. The van der Waals surface area contributed by atoms with Gasteiger partial charge in [-0.1, -0.05) is 29.8 Å². The maximum Gasteiger partial charge on any atom is 0.119 e. The van der Waals surface area contributed by atoms with E-state index in [0.717, 1.165) is 17.7 Å². The Morgan fingerprint density at radius 2 is 2.00 bits per heavy atom. The average molecular weight is 334 g/mol. The quantitative estimate of drug-likeness (QED) is 0.807. The van der Waals surface area contributed by atoms with Crippen LogP contribution in [-0.4, -0.2) is 24.8 Å². The number of ether oxygens (including phenoxy) is 1. The van der Waals surface area contributed by atoms with Crippen LogP contribution in [0.2, 0.25) is 5.02 Å². The summed E-state index contributed by atoms with van der Waals surface area (Å²) in [6, 6.07) is 13.7. The number of aliphatic hydroxyl groups is 1. The Bertz CT molecular complexity index is 645. The summed E-state index contributed by atoms with van der Waals surface area (Å²) in [4.78, 5) is 0. The second-order valence-corrected chi connectivity index (χ2v) is 6.31. The zero-order chi connectivity index (χ0) is 16.8. The molecule has 23 heavy (non-hydrogen) atoms. The lowest BCUT2D eigenvalue weighted by molar-refractivity contribution is 0.170. The number of aliphatic hydroxyl groups excluding tert-OH is 1. The summed E-state index contributed by atoms with van der Waals surface area (Å²) in [6.07, 6.45) is 0.339. The Labute approximate surface area is 143 Å². The van der Waals surface area contributed by atoms with Crippen molar-refractivity contribution in [3.8, 4) is 5.75 Å². The van der Waals surface area contributed by atoms with Gasteiger partial charge in [0.25, 0.3) is 0 Å². The summed E-state index contributed by atoms with van der Waals surface area (Å²) in [6.45, 7) is 4.70. The number of hydrogen-bond donors (Lipinski definition) is 2. The average Bonchev–Trinajstić information content (AvgIpc) is 2.54. The van der Waals surface area contributed by atoms with Crippen LogP contribution in [0.3, 0.4) is 0 Å². The summed E-state index contributed by atoms with van der Waals surface area (Å²) in [5.41, 5.74) is 3.33. The minimum atomic E-state index is -0.562. The van der Waals surface area contributed by atoms with Gasteiger partial charge in [0.05, 0.1) is 13.2 Å². The van der Waals surface area contributed by atoms with Crippen LogP contribution in [0.4, 0.5) is 0 Å². The van der Waals surface area contributed by atoms with Crippen molar-refractivity contribution in [1.29, 1.82) is 0 Å². The van der Waals surface area contributed by atoms with Gasteiger partial charge in [-0.2, -0.15) is 0 Å². The molecule has 2 atom stereocenters. The number of hydrogen-bond acceptors (Lipinski definition) is 3. The molecule has 0 aromatic heterocycles. The highest BCUT2D eigenvalue weighted by Gasteiger charge is 2.11. The Kier molecular flexibility index (Phi) is 6.46. The first-order valence-corrected chi connectivity index (χ1v) is 8.18. The monoisotopic (exact) mass is 333 g/mol. The Hall–Kier alpha value is -1.55. The predicted molar refractivity (Wildman–Crippen MR) is 95.3 cm³/mol. The second-order valence-electron chi connectivity index (χ2n) is 5.88. The predicted octanol–water partition coefficient (Wildman–Crippen LogP) is 3.91. The molecule has 0 spiro atoms. The lowest BCUT2D eigenvalue weighted by Gasteiger charge is -2.19. The Morgan fingerprint density at radius 3 is 2.65 bits per heavy atom. The molecule has 0 heterocycles. The summed E-state index contributed by atoms with van der Waals surface area (Å²) in [7, 11) is 1.68. The number of aryl methyl sites for hydroxylation is 1. The molecular formula is C19H24ClNO2. The van der Waals surface area contributed by atoms with E-state index < -0.39 is 6.10 Å². The third-order valence-electron chi connectivity index (χ3n) is 3.97. The number of methoxy groups -OCH3 is 1. The first-order valence-electron chi connectivity index (χ1n) is 7.80. The van der Waals surface area contributed by atoms with Crippen molar-refractivity contribution in [2.45, 2.75) is 32.4 Å². The van der Waals surface area contributed by atoms with Crippen LogP contribution in [0.1, 0.15) is 29.7 Å². The number of halogens is 1. The van der Waals surface area contributed by atoms with Gasteiger partial charge in [-0.05, 0) is 61.2 Å². The normalized spacial score (nSPS) is 13.6. The number of rotatable bonds is 7. The van der Waals surface area contributed by atoms with E-state index in [2.05, 4.69) is 25.2 Å². The van der Waals surface area contributed by atoms with E-state index in [0.29, 0.717) is 11.6 Å². The second kappa shape index (κ2) is 8.34. The van der Waals surface area contributed by atoms with Crippen LogP contribution >= 0.6 is 11.6 Å². The van der Waals surface area contributed by atoms with Crippen LogP contribution < -0.4 is 10.1 Å². The molecule has 2 rings (SSSR count). The molecule has 0 saturated carbocycles. The van der Waals surface area contributed by atoms with Crippen molar-refractivity contribution >= 4 is 11.6 Å². The topological polar surface area (TPSA) is 41.5 Å². The third-order valence-corrected chi connectivity index (χ3v) is 4.20. The van der Waals surface area contributed by atoms with Crippen LogP contribution in [0.5, 0.6) is 5.75 Å². The van der Waals surface area contributed by atoms with E-state index in [9.17, 15) is 5.11 Å². The van der Waals surface area contributed by atoms with Gasteiger partial charge in [0.2, 0.25) is 0 Å². The number of benzene rings is 2. The zero-order valence-electron chi connectivity index (χ0n) is 13.8. The maximum atomic E-state index is 10.2. The van der Waals surface area contributed by atoms with Crippen molar-refractivity contribution in [3.05, 3.63) is 64.2 Å². The SMILES string of the molecule is COc1ccc(CC(C)NCC(O)c2cccc(Cl)c2)c(C)c1. The van der Waals surface area contributed by atoms with Gasteiger partial charge in [0, 0.05) is 17.6 Å². The van der Waals surface area contributed by atoms with Gasteiger partial charge in [0.15, 0.2) is 0 Å². The number of nitrogens with one attached hydrogen (secondary N) is 1. The molecule has 2 unspecified atom stereocenters. The summed E-state index contributed by atoms with van der Waals surface area (Å²) in [5.74, 6) is 0.878. The molecule has 4 heteroatoms. The Balaban J connectivity index is 1.88. The minimum Gasteiger partial charge on any atom is -0.497 e. The standard InChI is InChI=1S/C19H24ClNO2/c1-13-9-18(23-3)8-7-15(13)10-14(2)21-12-19(22)16-5-4-6-17(20)11-16/h4-9,11,14,19,21-22H,10,12H2,1-3H3. The van der Waals surface area contributed by atoms with Crippen LogP contribution in [0.25, 0.3) is 0 Å². The lowest BCUT2D eigenvalue weighted by Crippen LogP contribution is -2.32. The summed E-state index contributed by atoms with van der Waals surface area (Å²) < 4.78 is 5.23. The zero-order valence-corrected chi connectivity index (χ0v) is 14.6. The molecule has 2 aromatic carbocycles. The highest BCUT2D eigenvalue weighted by Crippen LogP contribution is 2.19. The first kappa shape index (κ1) is 17.8. The Morgan fingerprint density at radius 1 is 1.22 bits per heavy atom. The molecule has 0 saturated heterocycles. The fourth-order valence-electron chi connectivity index (χ4n) is 2.57. The smallest absolute Gasteiger partial charge is 0.119 e. The van der Waals surface area contributed by atoms with Crippen molar-refractivity contribution < 1.29 is 9.84 Å². The van der Waals surface area contributed by atoms with Gasteiger partial charge in [0.1, 0.15) is 5.75 Å². The minimum absolute atomic E-state index is 0.260. The van der Waals surface area contributed by atoms with Crippen LogP contribution in [0, 0.1) is 6.92 Å². The molecule has 124 valence electrons. The van der Waals surface area contributed by atoms with E-state index >= 15 is 0 Å². The van der Waals surface area contributed by atoms with Crippen LogP contribution in [-0.2, 0) is 6.42 Å². The fraction of sp³-hybridized carbons (Fsp3) is 0.368. The molecular weight excluding hydrogens is 310 g/mol. The molecule has 2 N–H and O–H groups in total. The lowest BCUT2D eigenvalue weighted by atomic mass is 10.0. The van der Waals surface area contributed by atoms with E-state index in [1.165, 1.54) is 11.1 Å². The fourth-order valence-corrected chi connectivity index (χ4v) is 2.77. The summed E-state index contributed by atoms with van der Waals surface area (Å²) >= 11 is 5.96. The third kappa shape index (κ3) is 5.24. The van der Waals surface area contributed by atoms with E-state index in [-0.39, 0.29) is 6.04 Å². The van der Waals surface area contributed by atoms with Gasteiger partial charge in [-0.15, -0.1) is 0 Å². The molecule has 0 bridgehead atoms. The molecule has 0 amide bonds. The molecule has 0 aliphatic heterocycles. The maximum absolute atomic E-state index is 10.2. The van der Waals surface area contributed by atoms with Gasteiger partial charge < -0.3 is 15.2 Å². The molecule has 0 aliphatic carbocycles. The van der Waals surface area contributed by atoms with Gasteiger partial charge in [-0.25, -0.2) is 0 Å². The van der Waals surface area contributed by atoms with E-state index in [4.69, 9.17) is 16.3 Å². The van der Waals surface area contributed by atoms with E-state index in [1.807, 2.05) is 24.3 Å². The largest absolute Gasteiger partial charge is 0.497 e. The van der Waals surface area contributed by atoms with Crippen molar-refractivity contribution in [2.24, 2.45) is 0 Å². The summed E-state index contributed by atoms with van der Waals surface area (Å²) in [5, 5.41) is 14.3.